The Morgan fingerprint density at radius 3 is 2.30 bits per heavy atom. The number of piperazine rings is 1. The third kappa shape index (κ3) is 3.85. The van der Waals surface area contributed by atoms with Crippen LogP contribution in [-0.2, 0) is 11.2 Å². The molecule has 1 heterocycles. The van der Waals surface area contributed by atoms with Crippen LogP contribution in [0, 0.1) is 6.92 Å². The minimum Gasteiger partial charge on any atom is -0.368 e. The van der Waals surface area contributed by atoms with E-state index in [0.717, 1.165) is 36.8 Å². The summed E-state index contributed by atoms with van der Waals surface area (Å²) in [6.45, 7) is 5.32. The Balaban J connectivity index is 1.57. The second-order valence-electron chi connectivity index (χ2n) is 5.95. The van der Waals surface area contributed by atoms with E-state index < -0.39 is 0 Å². The summed E-state index contributed by atoms with van der Waals surface area (Å²) in [5.74, 6) is 0.218. The molecule has 0 aromatic heterocycles. The normalized spacial score (nSPS) is 14.9. The van der Waals surface area contributed by atoms with Crippen molar-refractivity contribution in [2.75, 3.05) is 31.1 Å². The van der Waals surface area contributed by atoms with E-state index in [1.54, 1.807) is 0 Å². The van der Waals surface area contributed by atoms with Gasteiger partial charge in [-0.3, -0.25) is 4.79 Å². The predicted molar refractivity (Wildman–Crippen MR) is 95.1 cm³/mol. The molecule has 120 valence electrons. The number of carbonyl (C=O) groups is 1. The van der Waals surface area contributed by atoms with E-state index in [-0.39, 0.29) is 5.91 Å². The summed E-state index contributed by atoms with van der Waals surface area (Å²) in [6, 6.07) is 16.0. The summed E-state index contributed by atoms with van der Waals surface area (Å²) in [5.41, 5.74) is 3.47. The van der Waals surface area contributed by atoms with Crippen molar-refractivity contribution in [2.24, 2.45) is 0 Å². The molecule has 0 N–H and O–H groups in total. The molecule has 4 heteroatoms. The Bertz CT molecular complexity index is 676. The van der Waals surface area contributed by atoms with Crippen LogP contribution >= 0.6 is 11.6 Å². The van der Waals surface area contributed by atoms with Crippen molar-refractivity contribution >= 4 is 23.2 Å². The highest BCUT2D eigenvalue weighted by Gasteiger charge is 2.21. The summed E-state index contributed by atoms with van der Waals surface area (Å²) in [7, 11) is 0. The van der Waals surface area contributed by atoms with E-state index >= 15 is 0 Å². The highest BCUT2D eigenvalue weighted by Crippen LogP contribution is 2.20. The summed E-state index contributed by atoms with van der Waals surface area (Å²) in [5, 5.41) is 0.751. The number of rotatable bonds is 3. The average molecular weight is 329 g/mol. The van der Waals surface area contributed by atoms with Gasteiger partial charge in [-0.05, 0) is 42.3 Å². The molecule has 23 heavy (non-hydrogen) atoms. The molecule has 0 unspecified atom stereocenters. The lowest BCUT2D eigenvalue weighted by Gasteiger charge is -2.36. The number of hydrogen-bond acceptors (Lipinski definition) is 2. The van der Waals surface area contributed by atoms with Crippen LogP contribution in [0.5, 0.6) is 0 Å². The number of halogens is 1. The molecule has 0 bridgehead atoms. The first-order chi connectivity index (χ1) is 11.1. The summed E-state index contributed by atoms with van der Waals surface area (Å²) < 4.78 is 0. The van der Waals surface area contributed by atoms with E-state index in [1.807, 2.05) is 47.4 Å². The van der Waals surface area contributed by atoms with Gasteiger partial charge in [0.05, 0.1) is 6.42 Å². The zero-order valence-corrected chi connectivity index (χ0v) is 14.1. The van der Waals surface area contributed by atoms with Crippen molar-refractivity contribution in [2.45, 2.75) is 13.3 Å². The molecule has 0 aliphatic carbocycles. The van der Waals surface area contributed by atoms with Crippen molar-refractivity contribution in [3.05, 3.63) is 64.7 Å². The number of hydrogen-bond donors (Lipinski definition) is 0. The second-order valence-corrected chi connectivity index (χ2v) is 6.38. The maximum Gasteiger partial charge on any atom is 0.227 e. The van der Waals surface area contributed by atoms with E-state index in [1.165, 1.54) is 11.3 Å². The zero-order chi connectivity index (χ0) is 16.2. The lowest BCUT2D eigenvalue weighted by Crippen LogP contribution is -2.49. The van der Waals surface area contributed by atoms with Crippen LogP contribution in [0.2, 0.25) is 5.02 Å². The highest BCUT2D eigenvalue weighted by molar-refractivity contribution is 6.30. The molecule has 0 spiro atoms. The first kappa shape index (κ1) is 15.9. The van der Waals surface area contributed by atoms with Gasteiger partial charge < -0.3 is 9.80 Å². The average Bonchev–Trinajstić information content (AvgIpc) is 2.58. The molecule has 1 saturated heterocycles. The quantitative estimate of drug-likeness (QED) is 0.860. The van der Waals surface area contributed by atoms with Crippen LogP contribution in [0.4, 0.5) is 5.69 Å². The Morgan fingerprint density at radius 2 is 1.65 bits per heavy atom. The van der Waals surface area contributed by atoms with E-state index in [9.17, 15) is 4.79 Å². The standard InChI is InChI=1S/C19H21ClN2O/c1-15-4-2-3-5-16(15)14-19(23)22-12-10-21(11-13-22)18-8-6-17(20)7-9-18/h2-9H,10-14H2,1H3. The highest BCUT2D eigenvalue weighted by atomic mass is 35.5. The Morgan fingerprint density at radius 1 is 1.00 bits per heavy atom. The molecule has 0 saturated carbocycles. The molecule has 0 radical (unpaired) electrons. The number of benzene rings is 2. The number of nitrogens with zero attached hydrogens (tertiary/aromatic N) is 2. The predicted octanol–water partition coefficient (Wildman–Crippen LogP) is 3.54. The Kier molecular flexibility index (Phi) is 4.87. The maximum absolute atomic E-state index is 12.5. The SMILES string of the molecule is Cc1ccccc1CC(=O)N1CCN(c2ccc(Cl)cc2)CC1. The topological polar surface area (TPSA) is 23.6 Å². The smallest absolute Gasteiger partial charge is 0.227 e. The van der Waals surface area contributed by atoms with Gasteiger partial charge in [-0.2, -0.15) is 0 Å². The molecule has 0 atom stereocenters. The number of amides is 1. The Labute approximate surface area is 142 Å². The van der Waals surface area contributed by atoms with Crippen molar-refractivity contribution in [3.8, 4) is 0 Å². The van der Waals surface area contributed by atoms with Crippen LogP contribution in [0.1, 0.15) is 11.1 Å². The molecule has 1 aliphatic heterocycles. The van der Waals surface area contributed by atoms with Crippen molar-refractivity contribution < 1.29 is 4.79 Å². The lowest BCUT2D eigenvalue weighted by molar-refractivity contribution is -0.130. The van der Waals surface area contributed by atoms with E-state index in [0.29, 0.717) is 6.42 Å². The van der Waals surface area contributed by atoms with Crippen molar-refractivity contribution in [1.29, 1.82) is 0 Å². The summed E-state index contributed by atoms with van der Waals surface area (Å²) in [6.07, 6.45) is 0.494. The second kappa shape index (κ2) is 7.05. The van der Waals surface area contributed by atoms with Gasteiger partial charge in [0.2, 0.25) is 5.91 Å². The lowest BCUT2D eigenvalue weighted by atomic mass is 10.1. The van der Waals surface area contributed by atoms with E-state index in [4.69, 9.17) is 11.6 Å². The Hall–Kier alpha value is -2.00. The molecular formula is C19H21ClN2O. The fourth-order valence-corrected chi connectivity index (χ4v) is 3.08. The molecule has 1 fully saturated rings. The van der Waals surface area contributed by atoms with Gasteiger partial charge in [0.25, 0.3) is 0 Å². The van der Waals surface area contributed by atoms with Gasteiger partial charge in [-0.25, -0.2) is 0 Å². The fourth-order valence-electron chi connectivity index (χ4n) is 2.95. The largest absolute Gasteiger partial charge is 0.368 e. The molecule has 3 nitrogen and oxygen atoms in total. The minimum atomic E-state index is 0.218. The molecule has 2 aromatic carbocycles. The monoisotopic (exact) mass is 328 g/mol. The molecular weight excluding hydrogens is 308 g/mol. The van der Waals surface area contributed by atoms with Crippen molar-refractivity contribution in [3.63, 3.8) is 0 Å². The first-order valence-corrected chi connectivity index (χ1v) is 8.34. The van der Waals surface area contributed by atoms with Gasteiger partial charge in [0.1, 0.15) is 0 Å². The van der Waals surface area contributed by atoms with Gasteiger partial charge in [-0.15, -0.1) is 0 Å². The van der Waals surface area contributed by atoms with Crippen LogP contribution < -0.4 is 4.90 Å². The minimum absolute atomic E-state index is 0.218. The number of carbonyl (C=O) groups excluding carboxylic acids is 1. The van der Waals surface area contributed by atoms with Crippen molar-refractivity contribution in [1.82, 2.24) is 4.90 Å². The van der Waals surface area contributed by atoms with Crippen LogP contribution in [0.15, 0.2) is 48.5 Å². The molecule has 1 aliphatic rings. The van der Waals surface area contributed by atoms with Crippen LogP contribution in [-0.4, -0.2) is 37.0 Å². The summed E-state index contributed by atoms with van der Waals surface area (Å²) in [4.78, 5) is 16.8. The van der Waals surface area contributed by atoms with Crippen LogP contribution in [0.25, 0.3) is 0 Å². The van der Waals surface area contributed by atoms with E-state index in [2.05, 4.69) is 17.9 Å². The number of aryl methyl sites for hydroxylation is 1. The number of anilines is 1. The first-order valence-electron chi connectivity index (χ1n) is 7.96. The molecule has 2 aromatic rings. The van der Waals surface area contributed by atoms with Gasteiger partial charge in [0.15, 0.2) is 0 Å². The summed E-state index contributed by atoms with van der Waals surface area (Å²) >= 11 is 5.93. The third-order valence-electron chi connectivity index (χ3n) is 4.43. The zero-order valence-electron chi connectivity index (χ0n) is 13.3. The third-order valence-corrected chi connectivity index (χ3v) is 4.68. The van der Waals surface area contributed by atoms with Gasteiger partial charge in [0, 0.05) is 36.9 Å². The van der Waals surface area contributed by atoms with Crippen LogP contribution in [0.3, 0.4) is 0 Å². The fraction of sp³-hybridized carbons (Fsp3) is 0.316. The molecule has 3 rings (SSSR count). The maximum atomic E-state index is 12.5. The van der Waals surface area contributed by atoms with Gasteiger partial charge >= 0.3 is 0 Å². The molecule has 1 amide bonds. The van der Waals surface area contributed by atoms with Gasteiger partial charge in [-0.1, -0.05) is 35.9 Å².